The SMILES string of the molecule is COCCOCCNCCC(O)COC. The fourth-order valence-corrected chi connectivity index (χ4v) is 1.06. The largest absolute Gasteiger partial charge is 0.391 e. The third-order valence-electron chi connectivity index (χ3n) is 1.87. The molecule has 5 heteroatoms. The molecular weight excluding hydrogens is 198 g/mol. The molecular formula is C10H23NO4. The maximum atomic E-state index is 9.31. The van der Waals surface area contributed by atoms with Gasteiger partial charge in [-0.2, -0.15) is 0 Å². The Morgan fingerprint density at radius 1 is 1.07 bits per heavy atom. The number of aliphatic hydroxyl groups is 1. The summed E-state index contributed by atoms with van der Waals surface area (Å²) in [6.45, 7) is 3.90. The van der Waals surface area contributed by atoms with Gasteiger partial charge in [0.05, 0.1) is 32.5 Å². The van der Waals surface area contributed by atoms with Crippen LogP contribution in [0.3, 0.4) is 0 Å². The van der Waals surface area contributed by atoms with Crippen LogP contribution < -0.4 is 5.32 Å². The highest BCUT2D eigenvalue weighted by atomic mass is 16.5. The minimum absolute atomic E-state index is 0.378. The van der Waals surface area contributed by atoms with E-state index in [0.29, 0.717) is 32.8 Å². The van der Waals surface area contributed by atoms with Crippen LogP contribution in [0.2, 0.25) is 0 Å². The minimum atomic E-state index is -0.378. The third-order valence-corrected chi connectivity index (χ3v) is 1.87. The molecule has 0 spiro atoms. The molecule has 1 unspecified atom stereocenters. The van der Waals surface area contributed by atoms with Gasteiger partial charge in [0.15, 0.2) is 0 Å². The van der Waals surface area contributed by atoms with Crippen molar-refractivity contribution in [3.05, 3.63) is 0 Å². The second-order valence-corrected chi connectivity index (χ2v) is 3.25. The van der Waals surface area contributed by atoms with Crippen molar-refractivity contribution in [2.45, 2.75) is 12.5 Å². The van der Waals surface area contributed by atoms with Crippen molar-refractivity contribution in [2.75, 3.05) is 53.7 Å². The third kappa shape index (κ3) is 11.7. The van der Waals surface area contributed by atoms with Gasteiger partial charge in [0.1, 0.15) is 0 Å². The van der Waals surface area contributed by atoms with Gasteiger partial charge >= 0.3 is 0 Å². The molecule has 5 nitrogen and oxygen atoms in total. The number of hydrogen-bond donors (Lipinski definition) is 2. The zero-order chi connectivity index (χ0) is 11.4. The number of hydrogen-bond acceptors (Lipinski definition) is 5. The Morgan fingerprint density at radius 3 is 2.53 bits per heavy atom. The minimum Gasteiger partial charge on any atom is -0.391 e. The van der Waals surface area contributed by atoms with Crippen molar-refractivity contribution < 1.29 is 19.3 Å². The van der Waals surface area contributed by atoms with Gasteiger partial charge in [-0.1, -0.05) is 0 Å². The van der Waals surface area contributed by atoms with Crippen LogP contribution in [0.1, 0.15) is 6.42 Å². The van der Waals surface area contributed by atoms with Crippen molar-refractivity contribution in [1.29, 1.82) is 0 Å². The Kier molecular flexibility index (Phi) is 11.7. The molecule has 0 saturated heterocycles. The molecule has 0 amide bonds. The van der Waals surface area contributed by atoms with Crippen LogP contribution in [-0.2, 0) is 14.2 Å². The van der Waals surface area contributed by atoms with Gasteiger partial charge in [0.25, 0.3) is 0 Å². The lowest BCUT2D eigenvalue weighted by molar-refractivity contribution is 0.0571. The summed E-state index contributed by atoms with van der Waals surface area (Å²) in [6, 6.07) is 0. The van der Waals surface area contributed by atoms with Gasteiger partial charge in [0, 0.05) is 20.8 Å². The number of methoxy groups -OCH3 is 2. The van der Waals surface area contributed by atoms with Gasteiger partial charge in [-0.25, -0.2) is 0 Å². The van der Waals surface area contributed by atoms with Crippen LogP contribution >= 0.6 is 0 Å². The van der Waals surface area contributed by atoms with Crippen LogP contribution in [0, 0.1) is 0 Å². The number of ether oxygens (including phenoxy) is 3. The second kappa shape index (κ2) is 11.9. The lowest BCUT2D eigenvalue weighted by atomic mass is 10.3. The van der Waals surface area contributed by atoms with E-state index >= 15 is 0 Å². The van der Waals surface area contributed by atoms with E-state index in [-0.39, 0.29) is 6.10 Å². The Balaban J connectivity index is 2.98. The molecule has 0 radical (unpaired) electrons. The van der Waals surface area contributed by atoms with Crippen LogP contribution in [-0.4, -0.2) is 64.9 Å². The smallest absolute Gasteiger partial charge is 0.0785 e. The first-order valence-electron chi connectivity index (χ1n) is 5.25. The molecule has 0 aliphatic carbocycles. The highest BCUT2D eigenvalue weighted by molar-refractivity contribution is 4.56. The summed E-state index contributed by atoms with van der Waals surface area (Å²) < 4.78 is 14.9. The predicted molar refractivity (Wildman–Crippen MR) is 58.1 cm³/mol. The average molecular weight is 221 g/mol. The molecule has 1 atom stereocenters. The first-order valence-corrected chi connectivity index (χ1v) is 5.25. The quantitative estimate of drug-likeness (QED) is 0.466. The maximum absolute atomic E-state index is 9.31. The predicted octanol–water partition coefficient (Wildman–Crippen LogP) is -0.364. The summed E-state index contributed by atoms with van der Waals surface area (Å²) in [5, 5.41) is 12.5. The van der Waals surface area contributed by atoms with Crippen molar-refractivity contribution >= 4 is 0 Å². The van der Waals surface area contributed by atoms with Crippen LogP contribution in [0.15, 0.2) is 0 Å². The molecule has 0 heterocycles. The number of aliphatic hydroxyl groups excluding tert-OH is 1. The molecule has 92 valence electrons. The highest BCUT2D eigenvalue weighted by Crippen LogP contribution is 1.89. The molecule has 0 aliphatic rings. The molecule has 0 rings (SSSR count). The van der Waals surface area contributed by atoms with Crippen molar-refractivity contribution in [2.24, 2.45) is 0 Å². The summed E-state index contributed by atoms with van der Waals surface area (Å²) in [6.07, 6.45) is 0.322. The molecule has 0 aromatic rings. The first kappa shape index (κ1) is 14.8. The zero-order valence-electron chi connectivity index (χ0n) is 9.70. The van der Waals surface area contributed by atoms with Gasteiger partial charge in [-0.3, -0.25) is 0 Å². The Bertz CT molecular complexity index is 124. The van der Waals surface area contributed by atoms with E-state index in [4.69, 9.17) is 14.2 Å². The Morgan fingerprint density at radius 2 is 1.87 bits per heavy atom. The van der Waals surface area contributed by atoms with E-state index in [0.717, 1.165) is 13.1 Å². The molecule has 0 bridgehead atoms. The molecule has 0 saturated carbocycles. The summed E-state index contributed by atoms with van der Waals surface area (Å²) >= 11 is 0. The topological polar surface area (TPSA) is 60.0 Å². The monoisotopic (exact) mass is 221 g/mol. The average Bonchev–Trinajstić information content (AvgIpc) is 2.22. The van der Waals surface area contributed by atoms with Crippen molar-refractivity contribution in [3.8, 4) is 0 Å². The molecule has 0 aliphatic heterocycles. The Labute approximate surface area is 91.7 Å². The van der Waals surface area contributed by atoms with Gasteiger partial charge in [-0.05, 0) is 13.0 Å². The summed E-state index contributed by atoms with van der Waals surface area (Å²) in [5.74, 6) is 0. The Hall–Kier alpha value is -0.200. The molecule has 15 heavy (non-hydrogen) atoms. The molecule has 0 aromatic heterocycles. The number of rotatable bonds is 11. The summed E-state index contributed by atoms with van der Waals surface area (Å²) in [5.41, 5.74) is 0. The van der Waals surface area contributed by atoms with Crippen molar-refractivity contribution in [3.63, 3.8) is 0 Å². The number of nitrogens with one attached hydrogen (secondary N) is 1. The normalized spacial score (nSPS) is 13.0. The van der Waals surface area contributed by atoms with Gasteiger partial charge < -0.3 is 24.6 Å². The highest BCUT2D eigenvalue weighted by Gasteiger charge is 2.01. The standard InChI is InChI=1S/C10H23NO4/c1-13-7-8-15-6-5-11-4-3-10(12)9-14-2/h10-12H,3-9H2,1-2H3. The summed E-state index contributed by atoms with van der Waals surface area (Å²) in [7, 11) is 3.24. The fraction of sp³-hybridized carbons (Fsp3) is 1.00. The van der Waals surface area contributed by atoms with Crippen LogP contribution in [0.4, 0.5) is 0 Å². The second-order valence-electron chi connectivity index (χ2n) is 3.25. The van der Waals surface area contributed by atoms with E-state index in [1.807, 2.05) is 0 Å². The molecule has 0 fully saturated rings. The molecule has 2 N–H and O–H groups in total. The van der Waals surface area contributed by atoms with E-state index < -0.39 is 0 Å². The van der Waals surface area contributed by atoms with Crippen molar-refractivity contribution in [1.82, 2.24) is 5.32 Å². The van der Waals surface area contributed by atoms with Crippen LogP contribution in [0.5, 0.6) is 0 Å². The van der Waals surface area contributed by atoms with Crippen LogP contribution in [0.25, 0.3) is 0 Å². The maximum Gasteiger partial charge on any atom is 0.0785 e. The van der Waals surface area contributed by atoms with Gasteiger partial charge in [0.2, 0.25) is 0 Å². The lowest BCUT2D eigenvalue weighted by Gasteiger charge is -2.10. The molecule has 0 aromatic carbocycles. The van der Waals surface area contributed by atoms with E-state index in [1.165, 1.54) is 0 Å². The van der Waals surface area contributed by atoms with Gasteiger partial charge in [-0.15, -0.1) is 0 Å². The lowest BCUT2D eigenvalue weighted by Crippen LogP contribution is -2.26. The first-order chi connectivity index (χ1) is 7.31. The van der Waals surface area contributed by atoms with E-state index in [1.54, 1.807) is 14.2 Å². The van der Waals surface area contributed by atoms with E-state index in [2.05, 4.69) is 5.32 Å². The van der Waals surface area contributed by atoms with E-state index in [9.17, 15) is 5.11 Å². The summed E-state index contributed by atoms with van der Waals surface area (Å²) in [4.78, 5) is 0. The fourth-order valence-electron chi connectivity index (χ4n) is 1.06. The zero-order valence-corrected chi connectivity index (χ0v) is 9.70.